The number of rotatable bonds is 5. The predicted molar refractivity (Wildman–Crippen MR) is 61.2 cm³/mol. The second-order valence-electron chi connectivity index (χ2n) is 3.75. The smallest absolute Gasteiger partial charge is 0.308 e. The Kier molecular flexibility index (Phi) is 5.06. The van der Waals surface area contributed by atoms with Gasteiger partial charge in [0.2, 0.25) is 0 Å². The Morgan fingerprint density at radius 2 is 2.18 bits per heavy atom. The van der Waals surface area contributed by atoms with E-state index in [9.17, 15) is 15.0 Å². The largest absolute Gasteiger partial charge is 0.466 e. The van der Waals surface area contributed by atoms with Crippen LogP contribution in [0.2, 0.25) is 0 Å². The van der Waals surface area contributed by atoms with Crippen molar-refractivity contribution in [3.63, 3.8) is 0 Å². The molecule has 1 heterocycles. The Labute approximate surface area is 100 Å². The maximum absolute atomic E-state index is 11.1. The average Bonchev–Trinajstić information content (AvgIpc) is 2.29. The Morgan fingerprint density at radius 3 is 2.71 bits per heavy atom. The van der Waals surface area contributed by atoms with Crippen LogP contribution in [0.15, 0.2) is 18.3 Å². The molecular formula is C12H17NO4. The fraction of sp³-hybridized carbons (Fsp3) is 0.500. The van der Waals surface area contributed by atoms with Crippen LogP contribution in [0.25, 0.3) is 0 Å². The molecule has 0 spiro atoms. The first kappa shape index (κ1) is 13.6. The highest BCUT2D eigenvalue weighted by molar-refractivity contribution is 5.70. The van der Waals surface area contributed by atoms with E-state index in [1.165, 1.54) is 6.20 Å². The summed E-state index contributed by atoms with van der Waals surface area (Å²) in [5.41, 5.74) is 1.30. The van der Waals surface area contributed by atoms with Gasteiger partial charge in [-0.05, 0) is 19.9 Å². The molecule has 2 atom stereocenters. The number of pyridine rings is 1. The second-order valence-corrected chi connectivity index (χ2v) is 3.75. The lowest BCUT2D eigenvalue weighted by molar-refractivity contribution is -0.147. The topological polar surface area (TPSA) is 79.7 Å². The minimum atomic E-state index is -1.18. The summed E-state index contributed by atoms with van der Waals surface area (Å²) in [7, 11) is 0. The monoisotopic (exact) mass is 239 g/mol. The molecule has 5 nitrogen and oxygen atoms in total. The number of aryl methyl sites for hydroxylation is 1. The lowest BCUT2D eigenvalue weighted by Gasteiger charge is -2.17. The highest BCUT2D eigenvalue weighted by Gasteiger charge is 2.22. The lowest BCUT2D eigenvalue weighted by atomic mass is 10.0. The van der Waals surface area contributed by atoms with Crippen molar-refractivity contribution in [3.05, 3.63) is 29.6 Å². The third-order valence-corrected chi connectivity index (χ3v) is 2.32. The minimum Gasteiger partial charge on any atom is -0.466 e. The first-order chi connectivity index (χ1) is 8.04. The maximum Gasteiger partial charge on any atom is 0.308 e. The van der Waals surface area contributed by atoms with Crippen molar-refractivity contribution in [3.8, 4) is 0 Å². The maximum atomic E-state index is 11.1. The van der Waals surface area contributed by atoms with Crippen molar-refractivity contribution in [1.82, 2.24) is 4.98 Å². The Morgan fingerprint density at radius 1 is 1.47 bits per heavy atom. The molecule has 1 aromatic rings. The fourth-order valence-electron chi connectivity index (χ4n) is 1.38. The number of esters is 1. The van der Waals surface area contributed by atoms with Crippen LogP contribution in [0, 0.1) is 6.92 Å². The van der Waals surface area contributed by atoms with Crippen LogP contribution in [0.4, 0.5) is 0 Å². The predicted octanol–water partition coefficient (Wildman–Crippen LogP) is 0.738. The van der Waals surface area contributed by atoms with E-state index < -0.39 is 18.2 Å². The van der Waals surface area contributed by atoms with Gasteiger partial charge in [-0.25, -0.2) is 0 Å². The van der Waals surface area contributed by atoms with E-state index in [1.54, 1.807) is 19.1 Å². The molecule has 0 bridgehead atoms. The van der Waals surface area contributed by atoms with E-state index in [0.717, 1.165) is 5.69 Å². The van der Waals surface area contributed by atoms with Crippen LogP contribution in [0.1, 0.15) is 30.7 Å². The second kappa shape index (κ2) is 6.32. The summed E-state index contributed by atoms with van der Waals surface area (Å²) in [5.74, 6) is -0.529. The molecule has 0 fully saturated rings. The summed E-state index contributed by atoms with van der Waals surface area (Å²) in [6.45, 7) is 3.77. The standard InChI is InChI=1S/C12H17NO4/c1-3-17-11(15)6-10(14)12(16)9-5-4-8(2)13-7-9/h4-5,7,10,12,14,16H,3,6H2,1-2H3. The number of aromatic nitrogens is 1. The van der Waals surface area contributed by atoms with Crippen molar-refractivity contribution >= 4 is 5.97 Å². The van der Waals surface area contributed by atoms with E-state index in [2.05, 4.69) is 4.98 Å². The van der Waals surface area contributed by atoms with Crippen LogP contribution in [-0.2, 0) is 9.53 Å². The van der Waals surface area contributed by atoms with Gasteiger partial charge in [-0.3, -0.25) is 9.78 Å². The van der Waals surface area contributed by atoms with Gasteiger partial charge in [-0.2, -0.15) is 0 Å². The molecule has 0 amide bonds. The molecule has 0 saturated heterocycles. The van der Waals surface area contributed by atoms with Crippen molar-refractivity contribution < 1.29 is 19.7 Å². The van der Waals surface area contributed by atoms with E-state index in [-0.39, 0.29) is 13.0 Å². The van der Waals surface area contributed by atoms with Gasteiger partial charge in [0, 0.05) is 17.5 Å². The molecule has 0 radical (unpaired) electrons. The summed E-state index contributed by atoms with van der Waals surface area (Å²) < 4.78 is 4.69. The van der Waals surface area contributed by atoms with Crippen LogP contribution in [0.3, 0.4) is 0 Å². The molecule has 0 aromatic carbocycles. The summed E-state index contributed by atoms with van der Waals surface area (Å²) in [5, 5.41) is 19.5. The lowest BCUT2D eigenvalue weighted by Crippen LogP contribution is -2.23. The number of hydrogen-bond acceptors (Lipinski definition) is 5. The molecule has 0 aliphatic rings. The molecule has 2 N–H and O–H groups in total. The number of carbonyl (C=O) groups excluding carboxylic acids is 1. The quantitative estimate of drug-likeness (QED) is 0.741. The first-order valence-corrected chi connectivity index (χ1v) is 5.49. The molecule has 94 valence electrons. The third kappa shape index (κ3) is 4.13. The van der Waals surface area contributed by atoms with E-state index >= 15 is 0 Å². The van der Waals surface area contributed by atoms with Crippen molar-refractivity contribution in [2.45, 2.75) is 32.5 Å². The third-order valence-electron chi connectivity index (χ3n) is 2.32. The van der Waals surface area contributed by atoms with Gasteiger partial charge in [-0.15, -0.1) is 0 Å². The van der Waals surface area contributed by atoms with E-state index in [0.29, 0.717) is 5.56 Å². The molecule has 0 aliphatic heterocycles. The highest BCUT2D eigenvalue weighted by Crippen LogP contribution is 2.18. The minimum absolute atomic E-state index is 0.233. The van der Waals surface area contributed by atoms with Crippen LogP contribution in [-0.4, -0.2) is 33.9 Å². The first-order valence-electron chi connectivity index (χ1n) is 5.49. The summed E-state index contributed by atoms with van der Waals surface area (Å²) in [6.07, 6.45) is -1.07. The number of aliphatic hydroxyl groups excluding tert-OH is 2. The molecular weight excluding hydrogens is 222 g/mol. The van der Waals surface area contributed by atoms with Crippen molar-refractivity contribution in [2.75, 3.05) is 6.61 Å². The summed E-state index contributed by atoms with van der Waals surface area (Å²) in [4.78, 5) is 15.1. The number of carbonyl (C=O) groups is 1. The van der Waals surface area contributed by atoms with Crippen LogP contribution >= 0.6 is 0 Å². The molecule has 0 saturated carbocycles. The van der Waals surface area contributed by atoms with E-state index in [4.69, 9.17) is 4.74 Å². The Balaban J connectivity index is 2.60. The normalized spacial score (nSPS) is 14.1. The molecule has 5 heteroatoms. The summed E-state index contributed by atoms with van der Waals surface area (Å²) in [6, 6.07) is 3.40. The zero-order valence-corrected chi connectivity index (χ0v) is 9.96. The van der Waals surface area contributed by atoms with Gasteiger partial charge >= 0.3 is 5.97 Å². The molecule has 0 aliphatic carbocycles. The SMILES string of the molecule is CCOC(=O)CC(O)C(O)c1ccc(C)nc1. The number of aliphatic hydroxyl groups is 2. The van der Waals surface area contributed by atoms with Gasteiger partial charge in [-0.1, -0.05) is 6.07 Å². The number of nitrogens with zero attached hydrogens (tertiary/aromatic N) is 1. The molecule has 2 unspecified atom stereocenters. The number of ether oxygens (including phenoxy) is 1. The van der Waals surface area contributed by atoms with Gasteiger partial charge in [0.1, 0.15) is 6.10 Å². The summed E-state index contributed by atoms with van der Waals surface area (Å²) >= 11 is 0. The van der Waals surface area contributed by atoms with Crippen molar-refractivity contribution in [1.29, 1.82) is 0 Å². The van der Waals surface area contributed by atoms with Gasteiger partial charge in [0.25, 0.3) is 0 Å². The zero-order valence-electron chi connectivity index (χ0n) is 9.96. The number of hydrogen-bond donors (Lipinski definition) is 2. The van der Waals surface area contributed by atoms with E-state index in [1.807, 2.05) is 6.92 Å². The van der Waals surface area contributed by atoms with Crippen molar-refractivity contribution in [2.24, 2.45) is 0 Å². The van der Waals surface area contributed by atoms with Gasteiger partial charge in [0.15, 0.2) is 0 Å². The Hall–Kier alpha value is -1.46. The molecule has 1 rings (SSSR count). The highest BCUT2D eigenvalue weighted by atomic mass is 16.5. The van der Waals surface area contributed by atoms with Gasteiger partial charge in [0.05, 0.1) is 19.1 Å². The zero-order chi connectivity index (χ0) is 12.8. The Bertz CT molecular complexity index is 363. The van der Waals surface area contributed by atoms with Crippen LogP contribution in [0.5, 0.6) is 0 Å². The molecule has 1 aromatic heterocycles. The average molecular weight is 239 g/mol. The van der Waals surface area contributed by atoms with Gasteiger partial charge < -0.3 is 14.9 Å². The molecule has 17 heavy (non-hydrogen) atoms. The van der Waals surface area contributed by atoms with Crippen LogP contribution < -0.4 is 0 Å². The fourth-order valence-corrected chi connectivity index (χ4v) is 1.38.